The second-order valence-electron chi connectivity index (χ2n) is 5.17. The van der Waals surface area contributed by atoms with Crippen LogP contribution in [0.15, 0.2) is 0 Å². The van der Waals surface area contributed by atoms with Crippen molar-refractivity contribution >= 4 is 5.91 Å². The van der Waals surface area contributed by atoms with E-state index in [1.54, 1.807) is 0 Å². The van der Waals surface area contributed by atoms with Gasteiger partial charge in [0.05, 0.1) is 0 Å². The molecule has 1 amide bonds. The largest absolute Gasteiger partial charge is 0.354 e. The summed E-state index contributed by atoms with van der Waals surface area (Å²) in [4.78, 5) is 13.9. The summed E-state index contributed by atoms with van der Waals surface area (Å²) in [5, 5.41) is 2.97. The topological polar surface area (TPSA) is 58.4 Å². The zero-order chi connectivity index (χ0) is 12.9. The lowest BCUT2D eigenvalue weighted by atomic mass is 10.0. The van der Waals surface area contributed by atoms with E-state index >= 15 is 0 Å². The molecule has 0 bridgehead atoms. The van der Waals surface area contributed by atoms with Gasteiger partial charge in [0.25, 0.3) is 0 Å². The molecule has 4 heteroatoms. The number of likely N-dealkylation sites (N-methyl/N-ethyl adjacent to an activating group) is 1. The SMILES string of the molecule is CC(C)C(CNC(=O)C(C)C(C)N)N(C)C. The fourth-order valence-corrected chi connectivity index (χ4v) is 1.62. The fourth-order valence-electron chi connectivity index (χ4n) is 1.62. The molecular weight excluding hydrogens is 202 g/mol. The summed E-state index contributed by atoms with van der Waals surface area (Å²) in [6, 6.07) is 0.265. The third-order valence-electron chi connectivity index (χ3n) is 3.12. The lowest BCUT2D eigenvalue weighted by molar-refractivity contribution is -0.125. The van der Waals surface area contributed by atoms with Crippen LogP contribution in [0.25, 0.3) is 0 Å². The molecule has 0 spiro atoms. The molecule has 0 rings (SSSR count). The van der Waals surface area contributed by atoms with Gasteiger partial charge in [-0.3, -0.25) is 4.79 Å². The molecule has 0 fully saturated rings. The summed E-state index contributed by atoms with van der Waals surface area (Å²) in [7, 11) is 4.07. The molecule has 0 saturated carbocycles. The van der Waals surface area contributed by atoms with Gasteiger partial charge in [0.2, 0.25) is 5.91 Å². The average molecular weight is 229 g/mol. The van der Waals surface area contributed by atoms with Crippen LogP contribution >= 0.6 is 0 Å². The standard InChI is InChI=1S/C12H27N3O/c1-8(2)11(15(5)6)7-14-12(16)9(3)10(4)13/h8-11H,7,13H2,1-6H3,(H,14,16). The molecule has 0 aromatic carbocycles. The molecule has 0 heterocycles. The van der Waals surface area contributed by atoms with E-state index in [1.165, 1.54) is 0 Å². The van der Waals surface area contributed by atoms with Crippen LogP contribution in [0.1, 0.15) is 27.7 Å². The van der Waals surface area contributed by atoms with Crippen molar-refractivity contribution in [2.45, 2.75) is 39.8 Å². The Morgan fingerprint density at radius 3 is 2.06 bits per heavy atom. The molecule has 0 aromatic rings. The number of hydrogen-bond donors (Lipinski definition) is 2. The molecule has 0 aliphatic carbocycles. The summed E-state index contributed by atoms with van der Waals surface area (Å²) >= 11 is 0. The Labute approximate surface area is 99.6 Å². The average Bonchev–Trinajstić information content (AvgIpc) is 2.15. The minimum absolute atomic E-state index is 0.0440. The Morgan fingerprint density at radius 2 is 1.75 bits per heavy atom. The highest BCUT2D eigenvalue weighted by atomic mass is 16.1. The van der Waals surface area contributed by atoms with Crippen LogP contribution in [0.2, 0.25) is 0 Å². The number of hydrogen-bond acceptors (Lipinski definition) is 3. The van der Waals surface area contributed by atoms with Crippen molar-refractivity contribution in [1.29, 1.82) is 0 Å². The van der Waals surface area contributed by atoms with E-state index in [9.17, 15) is 4.79 Å². The van der Waals surface area contributed by atoms with Crippen molar-refractivity contribution in [3.63, 3.8) is 0 Å². The lowest BCUT2D eigenvalue weighted by Gasteiger charge is -2.28. The summed E-state index contributed by atoms with van der Waals surface area (Å²) in [6.45, 7) is 8.72. The van der Waals surface area contributed by atoms with Crippen LogP contribution in [-0.2, 0) is 4.79 Å². The highest BCUT2D eigenvalue weighted by Gasteiger charge is 2.20. The van der Waals surface area contributed by atoms with Crippen LogP contribution in [-0.4, -0.2) is 43.5 Å². The third-order valence-corrected chi connectivity index (χ3v) is 3.12. The predicted molar refractivity (Wildman–Crippen MR) is 68.1 cm³/mol. The van der Waals surface area contributed by atoms with Gasteiger partial charge in [-0.1, -0.05) is 20.8 Å². The maximum Gasteiger partial charge on any atom is 0.224 e. The predicted octanol–water partition coefficient (Wildman–Crippen LogP) is 0.672. The van der Waals surface area contributed by atoms with E-state index in [0.717, 1.165) is 0 Å². The molecule has 3 unspecified atom stereocenters. The molecular formula is C12H27N3O. The summed E-state index contributed by atoms with van der Waals surface area (Å²) in [5.41, 5.74) is 5.69. The van der Waals surface area contributed by atoms with Gasteiger partial charge in [0, 0.05) is 24.5 Å². The molecule has 4 nitrogen and oxygen atoms in total. The van der Waals surface area contributed by atoms with Gasteiger partial charge in [-0.05, 0) is 26.9 Å². The van der Waals surface area contributed by atoms with Gasteiger partial charge in [-0.2, -0.15) is 0 Å². The van der Waals surface area contributed by atoms with Gasteiger partial charge >= 0.3 is 0 Å². The number of amides is 1. The first-order chi connectivity index (χ1) is 7.27. The van der Waals surface area contributed by atoms with Crippen molar-refractivity contribution < 1.29 is 4.79 Å². The van der Waals surface area contributed by atoms with Crippen molar-refractivity contribution in [3.05, 3.63) is 0 Å². The second-order valence-corrected chi connectivity index (χ2v) is 5.17. The molecule has 3 N–H and O–H groups in total. The van der Waals surface area contributed by atoms with Crippen LogP contribution in [0.5, 0.6) is 0 Å². The van der Waals surface area contributed by atoms with E-state index in [0.29, 0.717) is 18.5 Å². The quantitative estimate of drug-likeness (QED) is 0.704. The van der Waals surface area contributed by atoms with Crippen LogP contribution in [0.3, 0.4) is 0 Å². The molecule has 0 aromatic heterocycles. The van der Waals surface area contributed by atoms with Gasteiger partial charge < -0.3 is 16.0 Å². The maximum absolute atomic E-state index is 11.7. The van der Waals surface area contributed by atoms with Gasteiger partial charge in [0.15, 0.2) is 0 Å². The summed E-state index contributed by atoms with van der Waals surface area (Å²) < 4.78 is 0. The van der Waals surface area contributed by atoms with Gasteiger partial charge in [-0.25, -0.2) is 0 Å². The zero-order valence-corrected chi connectivity index (χ0v) is 11.4. The minimum Gasteiger partial charge on any atom is -0.354 e. The van der Waals surface area contributed by atoms with Crippen molar-refractivity contribution in [3.8, 4) is 0 Å². The Morgan fingerprint density at radius 1 is 1.25 bits per heavy atom. The minimum atomic E-state index is -0.130. The third kappa shape index (κ3) is 4.94. The second kappa shape index (κ2) is 6.86. The lowest BCUT2D eigenvalue weighted by Crippen LogP contribution is -2.46. The highest BCUT2D eigenvalue weighted by molar-refractivity contribution is 5.78. The van der Waals surface area contributed by atoms with E-state index in [4.69, 9.17) is 5.73 Å². The van der Waals surface area contributed by atoms with Crippen molar-refractivity contribution in [2.75, 3.05) is 20.6 Å². The number of carbonyl (C=O) groups excluding carboxylic acids is 1. The first-order valence-electron chi connectivity index (χ1n) is 5.97. The number of carbonyl (C=O) groups is 1. The zero-order valence-electron chi connectivity index (χ0n) is 11.4. The fraction of sp³-hybridized carbons (Fsp3) is 0.917. The molecule has 0 aliphatic rings. The number of rotatable bonds is 6. The molecule has 96 valence electrons. The Hall–Kier alpha value is -0.610. The molecule has 0 aliphatic heterocycles. The van der Waals surface area contributed by atoms with Gasteiger partial charge in [0.1, 0.15) is 0 Å². The molecule has 0 saturated heterocycles. The highest BCUT2D eigenvalue weighted by Crippen LogP contribution is 2.07. The van der Waals surface area contributed by atoms with E-state index in [2.05, 4.69) is 24.1 Å². The number of nitrogens with two attached hydrogens (primary N) is 1. The first-order valence-corrected chi connectivity index (χ1v) is 5.97. The monoisotopic (exact) mass is 229 g/mol. The van der Waals surface area contributed by atoms with Crippen LogP contribution < -0.4 is 11.1 Å². The van der Waals surface area contributed by atoms with Gasteiger partial charge in [-0.15, -0.1) is 0 Å². The Bertz CT molecular complexity index is 206. The normalized spacial score (nSPS) is 17.3. The summed E-state index contributed by atoms with van der Waals surface area (Å²) in [5.74, 6) is 0.429. The summed E-state index contributed by atoms with van der Waals surface area (Å²) in [6.07, 6.45) is 0. The van der Waals surface area contributed by atoms with Crippen molar-refractivity contribution in [1.82, 2.24) is 10.2 Å². The van der Waals surface area contributed by atoms with E-state index < -0.39 is 0 Å². The van der Waals surface area contributed by atoms with Crippen molar-refractivity contribution in [2.24, 2.45) is 17.6 Å². The van der Waals surface area contributed by atoms with Crippen LogP contribution in [0, 0.1) is 11.8 Å². The smallest absolute Gasteiger partial charge is 0.224 e. The number of nitrogens with one attached hydrogen (secondary N) is 1. The number of nitrogens with zero attached hydrogens (tertiary/aromatic N) is 1. The molecule has 3 atom stereocenters. The van der Waals surface area contributed by atoms with E-state index in [1.807, 2.05) is 27.9 Å². The Balaban J connectivity index is 4.16. The molecule has 0 radical (unpaired) electrons. The molecule has 16 heavy (non-hydrogen) atoms. The van der Waals surface area contributed by atoms with Crippen LogP contribution in [0.4, 0.5) is 0 Å². The Kier molecular flexibility index (Phi) is 6.60. The van der Waals surface area contributed by atoms with E-state index in [-0.39, 0.29) is 17.9 Å². The first kappa shape index (κ1) is 15.4. The maximum atomic E-state index is 11.7.